The first-order chi connectivity index (χ1) is 33.5. The Morgan fingerprint density at radius 1 is 0.397 bits per heavy atom. The molecule has 2 heteroatoms. The number of hydrogen-bond acceptors (Lipinski definition) is 1. The highest BCUT2D eigenvalue weighted by Gasteiger charge is 2.46. The molecule has 0 saturated carbocycles. The van der Waals surface area contributed by atoms with E-state index in [1.54, 1.807) is 0 Å². The molecule has 0 N–H and O–H groups in total. The lowest BCUT2D eigenvalue weighted by Crippen LogP contribution is -2.29. The van der Waals surface area contributed by atoms with Gasteiger partial charge in [-0.25, -0.2) is 0 Å². The van der Waals surface area contributed by atoms with Gasteiger partial charge in [0.2, 0.25) is 0 Å². The molecule has 11 aromatic rings. The van der Waals surface area contributed by atoms with Crippen molar-refractivity contribution in [1.82, 2.24) is 4.57 Å². The van der Waals surface area contributed by atoms with E-state index in [0.717, 1.165) is 39.4 Å². The van der Waals surface area contributed by atoms with Crippen LogP contribution in [0.1, 0.15) is 38.9 Å². The Hall–Kier alpha value is -8.72. The maximum atomic E-state index is 4.08. The second kappa shape index (κ2) is 16.6. The van der Waals surface area contributed by atoms with Gasteiger partial charge in [-0.05, 0) is 140 Å². The Morgan fingerprint density at radius 2 is 0.912 bits per heavy atom. The van der Waals surface area contributed by atoms with E-state index in [9.17, 15) is 0 Å². The van der Waals surface area contributed by atoms with Crippen molar-refractivity contribution in [3.8, 4) is 39.1 Å². The molecule has 1 aliphatic carbocycles. The maximum Gasteiger partial charge on any atom is 0.0714 e. The van der Waals surface area contributed by atoms with Crippen LogP contribution in [0.4, 0.5) is 17.1 Å². The molecule has 0 fully saturated rings. The van der Waals surface area contributed by atoms with Crippen LogP contribution in [0.3, 0.4) is 0 Å². The highest BCUT2D eigenvalue weighted by molar-refractivity contribution is 6.10. The normalized spacial score (nSPS) is 13.8. The third-order valence-electron chi connectivity index (χ3n) is 14.1. The minimum atomic E-state index is -0.557. The molecule has 2 nitrogen and oxygen atoms in total. The fourth-order valence-electron chi connectivity index (χ4n) is 10.7. The molecule has 1 heterocycles. The number of aromatic nitrogens is 1. The zero-order chi connectivity index (χ0) is 45.8. The summed E-state index contributed by atoms with van der Waals surface area (Å²) in [4.78, 5) is 2.41. The fraction of sp³-hybridized carbons (Fsp3) is 0.0303. The smallest absolute Gasteiger partial charge is 0.0714 e. The first-order valence-corrected chi connectivity index (χ1v) is 23.4. The summed E-state index contributed by atoms with van der Waals surface area (Å²) in [6.45, 7) is 10.2. The average molecular weight is 869 g/mol. The number of para-hydroxylation sites is 1. The first kappa shape index (κ1) is 40.8. The van der Waals surface area contributed by atoms with Crippen molar-refractivity contribution >= 4 is 51.0 Å². The van der Waals surface area contributed by atoms with Crippen LogP contribution >= 0.6 is 0 Å². The van der Waals surface area contributed by atoms with Crippen LogP contribution in [0.15, 0.2) is 250 Å². The molecule has 0 amide bonds. The van der Waals surface area contributed by atoms with E-state index in [4.69, 9.17) is 0 Å². The summed E-state index contributed by atoms with van der Waals surface area (Å²) in [5, 5.41) is 2.46. The van der Waals surface area contributed by atoms with Gasteiger partial charge < -0.3 is 9.47 Å². The molecule has 10 aromatic carbocycles. The number of anilines is 3. The Labute approximate surface area is 398 Å². The lowest BCUT2D eigenvalue weighted by molar-refractivity contribution is 0.768. The topological polar surface area (TPSA) is 8.17 Å². The van der Waals surface area contributed by atoms with Gasteiger partial charge in [0.1, 0.15) is 0 Å². The molecule has 0 spiro atoms. The Bertz CT molecular complexity index is 3670. The van der Waals surface area contributed by atoms with E-state index in [1.807, 2.05) is 12.2 Å². The van der Waals surface area contributed by atoms with Crippen LogP contribution in [0.5, 0.6) is 0 Å². The monoisotopic (exact) mass is 868 g/mol. The number of fused-ring (bicyclic) bond motifs is 6. The average Bonchev–Trinajstić information content (AvgIpc) is 3.90. The van der Waals surface area contributed by atoms with E-state index in [1.165, 1.54) is 77.4 Å². The van der Waals surface area contributed by atoms with Crippen molar-refractivity contribution < 1.29 is 0 Å². The van der Waals surface area contributed by atoms with Crippen LogP contribution in [0, 0.1) is 6.92 Å². The van der Waals surface area contributed by atoms with Crippen LogP contribution < -0.4 is 4.90 Å². The lowest BCUT2D eigenvalue weighted by atomic mass is 9.67. The summed E-state index contributed by atoms with van der Waals surface area (Å²) in [6.07, 6.45) is 3.81. The summed E-state index contributed by atoms with van der Waals surface area (Å²) in [5.41, 5.74) is 21.9. The first-order valence-electron chi connectivity index (χ1n) is 23.4. The van der Waals surface area contributed by atoms with Crippen LogP contribution in [0.2, 0.25) is 0 Å². The molecule has 12 rings (SSSR count). The molecule has 1 aromatic heterocycles. The summed E-state index contributed by atoms with van der Waals surface area (Å²) in [7, 11) is 0. The van der Waals surface area contributed by atoms with Gasteiger partial charge in [0, 0.05) is 33.5 Å². The number of hydrogen-bond donors (Lipinski definition) is 0. The van der Waals surface area contributed by atoms with Gasteiger partial charge in [-0.3, -0.25) is 0 Å². The van der Waals surface area contributed by atoms with Gasteiger partial charge in [0.05, 0.1) is 16.4 Å². The number of nitrogens with zero attached hydrogens (tertiary/aromatic N) is 2. The van der Waals surface area contributed by atoms with E-state index in [0.29, 0.717) is 0 Å². The predicted octanol–water partition coefficient (Wildman–Crippen LogP) is 17.5. The van der Waals surface area contributed by atoms with Crippen molar-refractivity contribution in [2.45, 2.75) is 12.3 Å². The van der Waals surface area contributed by atoms with E-state index >= 15 is 0 Å². The summed E-state index contributed by atoms with van der Waals surface area (Å²) >= 11 is 0. The second-order valence-corrected chi connectivity index (χ2v) is 17.9. The van der Waals surface area contributed by atoms with Crippen molar-refractivity contribution in [1.29, 1.82) is 0 Å². The summed E-state index contributed by atoms with van der Waals surface area (Å²) in [6, 6.07) is 87.1. The summed E-state index contributed by atoms with van der Waals surface area (Å²) < 4.78 is 2.37. The molecule has 1 aliphatic rings. The van der Waals surface area contributed by atoms with Gasteiger partial charge in [-0.1, -0.05) is 201 Å². The molecular weight excluding hydrogens is 821 g/mol. The minimum Gasteiger partial charge on any atom is -0.310 e. The van der Waals surface area contributed by atoms with E-state index in [-0.39, 0.29) is 0 Å². The fourth-order valence-corrected chi connectivity index (χ4v) is 10.7. The SMILES string of the molecule is C=Cc1ccc(-n2c3ccccc3c3cc(-c4ccc(N(c5ccc(-c6ccccc6)cc5)c5ccc6c(c5)C(c5ccc(C)cc5)(c5ccc(C=C)cc5)c5ccccc5-6)cc4)ccc32)cc1. The highest BCUT2D eigenvalue weighted by atomic mass is 15.1. The number of rotatable bonds is 10. The van der Waals surface area contributed by atoms with Crippen molar-refractivity contribution in [2.75, 3.05) is 4.90 Å². The summed E-state index contributed by atoms with van der Waals surface area (Å²) in [5.74, 6) is 0. The van der Waals surface area contributed by atoms with Gasteiger partial charge in [0.15, 0.2) is 0 Å². The third-order valence-corrected chi connectivity index (χ3v) is 14.1. The Morgan fingerprint density at radius 3 is 1.59 bits per heavy atom. The molecule has 1 atom stereocenters. The molecular formula is C66H48N2. The Balaban J connectivity index is 1.01. The minimum absolute atomic E-state index is 0.557. The van der Waals surface area contributed by atoms with E-state index in [2.05, 4.69) is 266 Å². The molecule has 0 aliphatic heterocycles. The van der Waals surface area contributed by atoms with E-state index < -0.39 is 5.41 Å². The Kier molecular flexibility index (Phi) is 9.96. The quantitative estimate of drug-likeness (QED) is 0.133. The van der Waals surface area contributed by atoms with Gasteiger partial charge in [-0.2, -0.15) is 0 Å². The zero-order valence-electron chi connectivity index (χ0n) is 38.0. The molecule has 0 saturated heterocycles. The molecule has 1 unspecified atom stereocenters. The zero-order valence-corrected chi connectivity index (χ0v) is 38.0. The van der Waals surface area contributed by atoms with Crippen LogP contribution in [-0.4, -0.2) is 4.57 Å². The predicted molar refractivity (Wildman–Crippen MR) is 289 cm³/mol. The molecule has 0 radical (unpaired) electrons. The van der Waals surface area contributed by atoms with Gasteiger partial charge in [-0.15, -0.1) is 0 Å². The maximum absolute atomic E-state index is 4.08. The number of benzene rings is 10. The van der Waals surface area contributed by atoms with Crippen LogP contribution in [0.25, 0.3) is 73.0 Å². The number of aryl methyl sites for hydroxylation is 1. The molecule has 68 heavy (non-hydrogen) atoms. The lowest BCUT2D eigenvalue weighted by Gasteiger charge is -2.35. The van der Waals surface area contributed by atoms with Crippen molar-refractivity contribution in [2.24, 2.45) is 0 Å². The molecule has 322 valence electrons. The van der Waals surface area contributed by atoms with Crippen molar-refractivity contribution in [3.05, 3.63) is 289 Å². The highest BCUT2D eigenvalue weighted by Crippen LogP contribution is 2.57. The van der Waals surface area contributed by atoms with Crippen LogP contribution in [-0.2, 0) is 5.41 Å². The molecule has 0 bridgehead atoms. The largest absolute Gasteiger partial charge is 0.310 e. The second-order valence-electron chi connectivity index (χ2n) is 17.9. The van der Waals surface area contributed by atoms with Gasteiger partial charge >= 0.3 is 0 Å². The third kappa shape index (κ3) is 6.64. The van der Waals surface area contributed by atoms with Gasteiger partial charge in [0.25, 0.3) is 0 Å². The van der Waals surface area contributed by atoms with Crippen molar-refractivity contribution in [3.63, 3.8) is 0 Å². The standard InChI is InChI=1S/C66H48N2/c1-4-46-21-32-53(33-22-46)66(52-30-19-45(3)20-31-52)62-17-11-9-15-58(62)59-41-40-57(44-63(59)66)67(54-36-25-49(26-37-54)48-13-7-6-8-14-48)55-38-27-50(28-39-55)51-29-42-65-61(43-51)60-16-10-12-18-64(60)68(65)56-34-23-47(5-2)24-35-56/h4-44H,1-2H2,3H3.